The minimum atomic E-state index is 0.739. The summed E-state index contributed by atoms with van der Waals surface area (Å²) in [7, 11) is 0. The molecule has 0 atom stereocenters. The second-order valence-corrected chi connectivity index (χ2v) is 3.84. The molecule has 3 rings (SSSR count). The van der Waals surface area contributed by atoms with Crippen molar-refractivity contribution >= 4 is 21.5 Å². The van der Waals surface area contributed by atoms with Crippen LogP contribution < -0.4 is 0 Å². The van der Waals surface area contributed by atoms with Crippen LogP contribution in [0.4, 0.5) is 0 Å². The largest absolute Gasteiger partial charge is 0.192 e. The Morgan fingerprint density at radius 2 is 1.44 bits per heavy atom. The molecule has 0 radical (unpaired) electrons. The average Bonchev–Trinajstić information content (AvgIpc) is 2.35. The molecule has 1 nitrogen and oxygen atoms in total. The van der Waals surface area contributed by atoms with Crippen LogP contribution in [0.3, 0.4) is 0 Å². The van der Waals surface area contributed by atoms with E-state index in [2.05, 4.69) is 30.3 Å². The number of fused-ring (bicyclic) bond motifs is 2. The van der Waals surface area contributed by atoms with Gasteiger partial charge in [0.25, 0.3) is 0 Å². The van der Waals surface area contributed by atoms with Crippen LogP contribution in [0, 0.1) is 11.3 Å². The topological polar surface area (TPSA) is 23.8 Å². The molecule has 3 aromatic carbocycles. The Labute approximate surface area is 93.6 Å². The summed E-state index contributed by atoms with van der Waals surface area (Å²) < 4.78 is 0. The highest BCUT2D eigenvalue weighted by Crippen LogP contribution is 2.24. The zero-order chi connectivity index (χ0) is 11.0. The summed E-state index contributed by atoms with van der Waals surface area (Å²) in [6.45, 7) is 0. The van der Waals surface area contributed by atoms with Gasteiger partial charge in [-0.05, 0) is 34.4 Å². The maximum Gasteiger partial charge on any atom is 0.0998 e. The summed E-state index contributed by atoms with van der Waals surface area (Å²) in [6, 6.07) is 20.5. The molecular weight excluding hydrogens is 194 g/mol. The molecule has 0 aliphatic rings. The summed E-state index contributed by atoms with van der Waals surface area (Å²) in [5.74, 6) is 0. The SMILES string of the molecule is N#Cc1cccc2cc3ccccc3cc12. The van der Waals surface area contributed by atoms with Crippen LogP contribution in [0.25, 0.3) is 21.5 Å². The van der Waals surface area contributed by atoms with E-state index in [9.17, 15) is 0 Å². The van der Waals surface area contributed by atoms with Gasteiger partial charge in [0.15, 0.2) is 0 Å². The lowest BCUT2D eigenvalue weighted by molar-refractivity contribution is 1.50. The molecular formula is C15H9N. The second kappa shape index (κ2) is 3.36. The van der Waals surface area contributed by atoms with Gasteiger partial charge in [-0.15, -0.1) is 0 Å². The first-order valence-electron chi connectivity index (χ1n) is 5.20. The molecule has 0 saturated carbocycles. The lowest BCUT2D eigenvalue weighted by Gasteiger charge is -2.03. The maximum atomic E-state index is 9.06. The number of hydrogen-bond acceptors (Lipinski definition) is 1. The maximum absolute atomic E-state index is 9.06. The molecule has 1 heteroatoms. The quantitative estimate of drug-likeness (QED) is 0.509. The van der Waals surface area contributed by atoms with Gasteiger partial charge in [-0.3, -0.25) is 0 Å². The molecule has 16 heavy (non-hydrogen) atoms. The van der Waals surface area contributed by atoms with Crippen molar-refractivity contribution in [2.75, 3.05) is 0 Å². The van der Waals surface area contributed by atoms with Gasteiger partial charge in [-0.2, -0.15) is 5.26 Å². The van der Waals surface area contributed by atoms with Crippen LogP contribution >= 0.6 is 0 Å². The summed E-state index contributed by atoms with van der Waals surface area (Å²) in [5, 5.41) is 13.6. The molecule has 0 heterocycles. The van der Waals surface area contributed by atoms with Crippen molar-refractivity contribution in [2.24, 2.45) is 0 Å². The molecule has 0 amide bonds. The van der Waals surface area contributed by atoms with E-state index < -0.39 is 0 Å². The van der Waals surface area contributed by atoms with Gasteiger partial charge in [0.05, 0.1) is 11.6 Å². The highest BCUT2D eigenvalue weighted by Gasteiger charge is 2.01. The van der Waals surface area contributed by atoms with Crippen LogP contribution in [0.2, 0.25) is 0 Å². The van der Waals surface area contributed by atoms with E-state index in [1.165, 1.54) is 10.8 Å². The van der Waals surface area contributed by atoms with Crippen molar-refractivity contribution in [3.05, 3.63) is 60.2 Å². The van der Waals surface area contributed by atoms with Crippen LogP contribution in [-0.2, 0) is 0 Å². The van der Waals surface area contributed by atoms with Crippen LogP contribution in [0.15, 0.2) is 54.6 Å². The first-order valence-corrected chi connectivity index (χ1v) is 5.20. The van der Waals surface area contributed by atoms with E-state index in [-0.39, 0.29) is 0 Å². The lowest BCUT2D eigenvalue weighted by Crippen LogP contribution is -1.80. The molecule has 0 spiro atoms. The predicted molar refractivity (Wildman–Crippen MR) is 66.2 cm³/mol. The number of nitriles is 1. The summed E-state index contributed by atoms with van der Waals surface area (Å²) in [6.07, 6.45) is 0. The molecule has 0 aliphatic heterocycles. The van der Waals surface area contributed by atoms with E-state index in [0.29, 0.717) is 0 Å². The molecule has 0 unspecified atom stereocenters. The Morgan fingerprint density at radius 3 is 2.19 bits per heavy atom. The lowest BCUT2D eigenvalue weighted by atomic mass is 10.0. The van der Waals surface area contributed by atoms with E-state index in [1.54, 1.807) is 0 Å². The molecule has 0 saturated heterocycles. The van der Waals surface area contributed by atoms with Gasteiger partial charge in [-0.25, -0.2) is 0 Å². The van der Waals surface area contributed by atoms with E-state index >= 15 is 0 Å². The highest BCUT2D eigenvalue weighted by atomic mass is 14.2. The Morgan fingerprint density at radius 1 is 0.750 bits per heavy atom. The predicted octanol–water partition coefficient (Wildman–Crippen LogP) is 3.86. The molecule has 0 bridgehead atoms. The fraction of sp³-hybridized carbons (Fsp3) is 0. The van der Waals surface area contributed by atoms with Gasteiger partial charge in [0.2, 0.25) is 0 Å². The van der Waals surface area contributed by atoms with Crippen molar-refractivity contribution in [3.63, 3.8) is 0 Å². The van der Waals surface area contributed by atoms with Crippen molar-refractivity contribution in [1.29, 1.82) is 5.26 Å². The highest BCUT2D eigenvalue weighted by molar-refractivity contribution is 6.00. The molecule has 0 aromatic heterocycles. The third kappa shape index (κ3) is 1.24. The van der Waals surface area contributed by atoms with E-state index in [4.69, 9.17) is 5.26 Å². The van der Waals surface area contributed by atoms with Gasteiger partial charge in [-0.1, -0.05) is 36.4 Å². The van der Waals surface area contributed by atoms with Crippen molar-refractivity contribution in [2.45, 2.75) is 0 Å². The summed E-state index contributed by atoms with van der Waals surface area (Å²) in [5.41, 5.74) is 0.739. The minimum absolute atomic E-state index is 0.739. The van der Waals surface area contributed by atoms with Crippen LogP contribution in [-0.4, -0.2) is 0 Å². The van der Waals surface area contributed by atoms with Crippen molar-refractivity contribution in [1.82, 2.24) is 0 Å². The molecule has 74 valence electrons. The van der Waals surface area contributed by atoms with Gasteiger partial charge in [0.1, 0.15) is 0 Å². The van der Waals surface area contributed by atoms with Gasteiger partial charge >= 0.3 is 0 Å². The fourth-order valence-electron chi connectivity index (χ4n) is 2.06. The first-order chi connectivity index (χ1) is 7.88. The molecule has 3 aromatic rings. The zero-order valence-electron chi connectivity index (χ0n) is 8.64. The normalized spacial score (nSPS) is 10.4. The number of rotatable bonds is 0. The molecule has 0 N–H and O–H groups in total. The van der Waals surface area contributed by atoms with E-state index in [1.807, 2.05) is 30.3 Å². The summed E-state index contributed by atoms with van der Waals surface area (Å²) in [4.78, 5) is 0. The zero-order valence-corrected chi connectivity index (χ0v) is 8.64. The Bertz CT molecular complexity index is 720. The average molecular weight is 203 g/mol. The Kier molecular flexibility index (Phi) is 1.88. The number of benzene rings is 3. The standard InChI is InChI=1S/C15H9N/c16-10-14-7-3-6-13-8-11-4-1-2-5-12(11)9-15(13)14/h1-9H. The fourth-order valence-corrected chi connectivity index (χ4v) is 2.06. The third-order valence-electron chi connectivity index (χ3n) is 2.87. The third-order valence-corrected chi connectivity index (χ3v) is 2.87. The minimum Gasteiger partial charge on any atom is -0.192 e. The molecule has 0 aliphatic carbocycles. The van der Waals surface area contributed by atoms with Gasteiger partial charge in [0, 0.05) is 5.39 Å². The smallest absolute Gasteiger partial charge is 0.0998 e. The van der Waals surface area contributed by atoms with Crippen molar-refractivity contribution in [3.8, 4) is 6.07 Å². The second-order valence-electron chi connectivity index (χ2n) is 3.84. The monoisotopic (exact) mass is 203 g/mol. The van der Waals surface area contributed by atoms with Crippen LogP contribution in [0.5, 0.6) is 0 Å². The first kappa shape index (κ1) is 8.94. The number of hydrogen-bond donors (Lipinski definition) is 0. The molecule has 0 fully saturated rings. The van der Waals surface area contributed by atoms with Crippen LogP contribution in [0.1, 0.15) is 5.56 Å². The Balaban J connectivity index is 2.52. The Hall–Kier alpha value is -2.33. The number of nitrogens with zero attached hydrogens (tertiary/aromatic N) is 1. The van der Waals surface area contributed by atoms with E-state index in [0.717, 1.165) is 16.3 Å². The summed E-state index contributed by atoms with van der Waals surface area (Å²) >= 11 is 0. The van der Waals surface area contributed by atoms with Crippen molar-refractivity contribution < 1.29 is 0 Å². The van der Waals surface area contributed by atoms with Gasteiger partial charge < -0.3 is 0 Å².